The molecular formula is C19H17Cl2N3O2. The maximum absolute atomic E-state index is 12.6. The van der Waals surface area contributed by atoms with Crippen LogP contribution in [0.5, 0.6) is 0 Å². The molecule has 134 valence electrons. The van der Waals surface area contributed by atoms with Crippen molar-refractivity contribution in [3.8, 4) is 6.07 Å². The van der Waals surface area contributed by atoms with Crippen molar-refractivity contribution in [3.63, 3.8) is 0 Å². The normalized spacial score (nSPS) is 15.7. The van der Waals surface area contributed by atoms with Crippen molar-refractivity contribution in [1.82, 2.24) is 5.32 Å². The van der Waals surface area contributed by atoms with Gasteiger partial charge in [-0.25, -0.2) is 4.79 Å². The first-order valence-corrected chi connectivity index (χ1v) is 8.91. The molecule has 0 bridgehead atoms. The summed E-state index contributed by atoms with van der Waals surface area (Å²) in [4.78, 5) is 12.6. The summed E-state index contributed by atoms with van der Waals surface area (Å²) in [6.07, 6.45) is 1.33. The van der Waals surface area contributed by atoms with E-state index in [2.05, 4.69) is 10.6 Å². The van der Waals surface area contributed by atoms with Crippen LogP contribution in [0.3, 0.4) is 0 Å². The molecule has 0 unspecified atom stereocenters. The van der Waals surface area contributed by atoms with E-state index in [0.29, 0.717) is 47.4 Å². The standard InChI is InChI=1S/C19H17Cl2N3O2/c20-15-4-2-14(3-5-15)19(7-9-26-10-8-19)24-18(25)23-16-6-1-13(12-22)17(21)11-16/h1-6,11H,7-10H2,(H2,23,24,25). The fraction of sp³-hybridized carbons (Fsp3) is 0.263. The second kappa shape index (κ2) is 7.96. The largest absolute Gasteiger partial charge is 0.381 e. The molecule has 0 aromatic heterocycles. The molecule has 2 aromatic rings. The quantitative estimate of drug-likeness (QED) is 0.798. The zero-order valence-electron chi connectivity index (χ0n) is 13.9. The van der Waals surface area contributed by atoms with Crippen LogP contribution in [0.25, 0.3) is 0 Å². The molecule has 2 N–H and O–H groups in total. The van der Waals surface area contributed by atoms with Gasteiger partial charge in [-0.2, -0.15) is 5.26 Å². The van der Waals surface area contributed by atoms with Crippen molar-refractivity contribution in [2.45, 2.75) is 18.4 Å². The molecule has 2 aromatic carbocycles. The fourth-order valence-electron chi connectivity index (χ4n) is 3.04. The number of rotatable bonds is 3. The van der Waals surface area contributed by atoms with E-state index >= 15 is 0 Å². The average molecular weight is 390 g/mol. The maximum atomic E-state index is 12.6. The Kier molecular flexibility index (Phi) is 5.67. The van der Waals surface area contributed by atoms with Gasteiger partial charge in [0.15, 0.2) is 0 Å². The molecule has 26 heavy (non-hydrogen) atoms. The van der Waals surface area contributed by atoms with E-state index in [9.17, 15) is 4.79 Å². The molecule has 0 radical (unpaired) electrons. The van der Waals surface area contributed by atoms with Gasteiger partial charge in [-0.05, 0) is 48.7 Å². The van der Waals surface area contributed by atoms with Gasteiger partial charge in [-0.1, -0.05) is 35.3 Å². The van der Waals surface area contributed by atoms with E-state index in [0.717, 1.165) is 5.56 Å². The number of amides is 2. The molecule has 1 heterocycles. The first kappa shape index (κ1) is 18.5. The predicted octanol–water partition coefficient (Wildman–Crippen LogP) is 4.69. The maximum Gasteiger partial charge on any atom is 0.319 e. The van der Waals surface area contributed by atoms with Gasteiger partial charge < -0.3 is 15.4 Å². The van der Waals surface area contributed by atoms with Crippen LogP contribution in [0, 0.1) is 11.3 Å². The summed E-state index contributed by atoms with van der Waals surface area (Å²) < 4.78 is 5.47. The third-order valence-electron chi connectivity index (χ3n) is 4.44. The Balaban J connectivity index is 1.78. The molecule has 1 aliphatic heterocycles. The number of hydrogen-bond acceptors (Lipinski definition) is 3. The second-order valence-electron chi connectivity index (χ2n) is 6.09. The van der Waals surface area contributed by atoms with Gasteiger partial charge in [0.2, 0.25) is 0 Å². The van der Waals surface area contributed by atoms with E-state index in [1.807, 2.05) is 30.3 Å². The molecule has 0 saturated carbocycles. The van der Waals surface area contributed by atoms with Crippen LogP contribution in [-0.2, 0) is 10.3 Å². The number of nitriles is 1. The van der Waals surface area contributed by atoms with Gasteiger partial charge >= 0.3 is 6.03 Å². The second-order valence-corrected chi connectivity index (χ2v) is 6.93. The Hall–Kier alpha value is -2.26. The van der Waals surface area contributed by atoms with E-state index in [1.54, 1.807) is 18.2 Å². The third-order valence-corrected chi connectivity index (χ3v) is 5.01. The molecule has 1 saturated heterocycles. The summed E-state index contributed by atoms with van der Waals surface area (Å²) in [7, 11) is 0. The number of nitrogens with zero attached hydrogens (tertiary/aromatic N) is 1. The SMILES string of the molecule is N#Cc1ccc(NC(=O)NC2(c3ccc(Cl)cc3)CCOCC2)cc1Cl. The molecule has 1 aliphatic rings. The molecular weight excluding hydrogens is 373 g/mol. The van der Waals surface area contributed by atoms with Crippen LogP contribution in [0.4, 0.5) is 10.5 Å². The van der Waals surface area contributed by atoms with Gasteiger partial charge in [0, 0.05) is 23.9 Å². The summed E-state index contributed by atoms with van der Waals surface area (Å²) >= 11 is 12.0. The number of urea groups is 1. The van der Waals surface area contributed by atoms with Gasteiger partial charge in [-0.3, -0.25) is 0 Å². The van der Waals surface area contributed by atoms with Gasteiger partial charge in [0.25, 0.3) is 0 Å². The smallest absolute Gasteiger partial charge is 0.319 e. The highest BCUT2D eigenvalue weighted by Crippen LogP contribution is 2.33. The van der Waals surface area contributed by atoms with Crippen molar-refractivity contribution < 1.29 is 9.53 Å². The Bertz CT molecular complexity index is 841. The van der Waals surface area contributed by atoms with Crippen molar-refractivity contribution in [2.24, 2.45) is 0 Å². The summed E-state index contributed by atoms with van der Waals surface area (Å²) in [5.74, 6) is 0. The minimum Gasteiger partial charge on any atom is -0.381 e. The minimum absolute atomic E-state index is 0.295. The summed E-state index contributed by atoms with van der Waals surface area (Å²) in [5.41, 5.74) is 1.34. The zero-order chi connectivity index (χ0) is 18.6. The summed E-state index contributed by atoms with van der Waals surface area (Å²) in [6.45, 7) is 1.12. The Morgan fingerprint density at radius 1 is 1.12 bits per heavy atom. The molecule has 1 fully saturated rings. The lowest BCUT2D eigenvalue weighted by atomic mass is 9.83. The van der Waals surface area contributed by atoms with E-state index in [4.69, 9.17) is 33.2 Å². The fourth-order valence-corrected chi connectivity index (χ4v) is 3.39. The first-order valence-electron chi connectivity index (χ1n) is 8.15. The Morgan fingerprint density at radius 2 is 1.81 bits per heavy atom. The number of carbonyl (C=O) groups excluding carboxylic acids is 1. The molecule has 0 atom stereocenters. The topological polar surface area (TPSA) is 74.2 Å². The predicted molar refractivity (Wildman–Crippen MR) is 102 cm³/mol. The van der Waals surface area contributed by atoms with Gasteiger partial charge in [0.05, 0.1) is 16.1 Å². The molecule has 0 spiro atoms. The van der Waals surface area contributed by atoms with E-state index in [-0.39, 0.29) is 6.03 Å². The minimum atomic E-state index is -0.524. The highest BCUT2D eigenvalue weighted by molar-refractivity contribution is 6.32. The highest BCUT2D eigenvalue weighted by Gasteiger charge is 2.36. The van der Waals surface area contributed by atoms with Gasteiger partial charge in [0.1, 0.15) is 6.07 Å². The van der Waals surface area contributed by atoms with E-state index in [1.165, 1.54) is 0 Å². The van der Waals surface area contributed by atoms with Crippen LogP contribution in [0.2, 0.25) is 10.0 Å². The lowest BCUT2D eigenvalue weighted by Gasteiger charge is -2.38. The molecule has 5 nitrogen and oxygen atoms in total. The van der Waals surface area contributed by atoms with Crippen LogP contribution in [-0.4, -0.2) is 19.2 Å². The van der Waals surface area contributed by atoms with Crippen LogP contribution in [0.1, 0.15) is 24.0 Å². The molecule has 3 rings (SSSR count). The van der Waals surface area contributed by atoms with Gasteiger partial charge in [-0.15, -0.1) is 0 Å². The highest BCUT2D eigenvalue weighted by atomic mass is 35.5. The van der Waals surface area contributed by atoms with Crippen molar-refractivity contribution >= 4 is 34.9 Å². The van der Waals surface area contributed by atoms with Crippen molar-refractivity contribution in [2.75, 3.05) is 18.5 Å². The molecule has 7 heteroatoms. The molecule has 2 amide bonds. The Labute approximate surface area is 161 Å². The van der Waals surface area contributed by atoms with E-state index < -0.39 is 5.54 Å². The number of benzene rings is 2. The van der Waals surface area contributed by atoms with Crippen LogP contribution < -0.4 is 10.6 Å². The number of nitrogens with one attached hydrogen (secondary N) is 2. The summed E-state index contributed by atoms with van der Waals surface area (Å²) in [5, 5.41) is 15.7. The third kappa shape index (κ3) is 4.10. The number of hydrogen-bond donors (Lipinski definition) is 2. The number of anilines is 1. The molecule has 0 aliphatic carbocycles. The first-order chi connectivity index (χ1) is 12.5. The number of ether oxygens (including phenoxy) is 1. The summed E-state index contributed by atoms with van der Waals surface area (Å²) in [6, 6.07) is 13.9. The number of halogens is 2. The van der Waals surface area contributed by atoms with Crippen LogP contribution >= 0.6 is 23.2 Å². The zero-order valence-corrected chi connectivity index (χ0v) is 15.4. The number of carbonyl (C=O) groups is 1. The average Bonchev–Trinajstić information content (AvgIpc) is 2.63. The lowest BCUT2D eigenvalue weighted by molar-refractivity contribution is 0.0418. The Morgan fingerprint density at radius 3 is 2.42 bits per heavy atom. The monoisotopic (exact) mass is 389 g/mol. The lowest BCUT2D eigenvalue weighted by Crippen LogP contribution is -2.50. The van der Waals surface area contributed by atoms with Crippen LogP contribution in [0.15, 0.2) is 42.5 Å². The van der Waals surface area contributed by atoms with Crippen molar-refractivity contribution in [3.05, 3.63) is 63.6 Å². The van der Waals surface area contributed by atoms with Crippen molar-refractivity contribution in [1.29, 1.82) is 5.26 Å².